The minimum absolute atomic E-state index is 0.100. The number of aliphatic hydroxyl groups excluding tert-OH is 1. The first-order valence-corrected chi connectivity index (χ1v) is 15.2. The summed E-state index contributed by atoms with van der Waals surface area (Å²) in [6.45, 7) is 4.63. The van der Waals surface area contributed by atoms with Gasteiger partial charge in [0.05, 0.1) is 24.6 Å². The van der Waals surface area contributed by atoms with Crippen LogP contribution in [0.25, 0.3) is 0 Å². The van der Waals surface area contributed by atoms with E-state index in [2.05, 4.69) is 27.8 Å². The molecule has 11 nitrogen and oxygen atoms in total. The first-order chi connectivity index (χ1) is 20.7. The highest BCUT2D eigenvalue weighted by Gasteiger charge is 2.35. The molecule has 1 aromatic carbocycles. The third kappa shape index (κ3) is 7.70. The first kappa shape index (κ1) is 30.5. The van der Waals surface area contributed by atoms with Crippen molar-refractivity contribution in [2.24, 2.45) is 5.92 Å². The zero-order valence-electron chi connectivity index (χ0n) is 24.7. The van der Waals surface area contributed by atoms with Gasteiger partial charge < -0.3 is 30.1 Å². The Hall–Kier alpha value is -3.99. The van der Waals surface area contributed by atoms with Gasteiger partial charge in [0.2, 0.25) is 11.8 Å². The van der Waals surface area contributed by atoms with Gasteiger partial charge in [-0.05, 0) is 68.2 Å². The van der Waals surface area contributed by atoms with E-state index in [0.717, 1.165) is 18.4 Å². The highest BCUT2D eigenvalue weighted by molar-refractivity contribution is 5.92. The van der Waals surface area contributed by atoms with E-state index >= 15 is 0 Å². The molecule has 1 aromatic heterocycles. The zero-order chi connectivity index (χ0) is 30.5. The number of esters is 1. The molecule has 3 N–H and O–H groups in total. The number of cyclic esters (lactones) is 1. The Morgan fingerprint density at radius 3 is 2.53 bits per heavy atom. The summed E-state index contributed by atoms with van der Waals surface area (Å²) in [4.78, 5) is 55.7. The number of nitrogens with one attached hydrogen (secondary N) is 2. The Bertz CT molecular complexity index is 1310. The number of nitrogens with zero attached hydrogens (tertiary/aromatic N) is 2. The van der Waals surface area contributed by atoms with E-state index in [1.54, 1.807) is 24.0 Å². The fourth-order valence-corrected chi connectivity index (χ4v) is 5.63. The lowest BCUT2D eigenvalue weighted by Crippen LogP contribution is -2.51. The summed E-state index contributed by atoms with van der Waals surface area (Å²) in [5.74, 6) is -0.709. The predicted molar refractivity (Wildman–Crippen MR) is 156 cm³/mol. The zero-order valence-corrected chi connectivity index (χ0v) is 24.7. The quantitative estimate of drug-likeness (QED) is 0.338. The van der Waals surface area contributed by atoms with Gasteiger partial charge in [0.15, 0.2) is 0 Å². The van der Waals surface area contributed by atoms with Crippen LogP contribution in [0.4, 0.5) is 0 Å². The van der Waals surface area contributed by atoms with Gasteiger partial charge in [0.1, 0.15) is 30.3 Å². The summed E-state index contributed by atoms with van der Waals surface area (Å²) in [6.07, 6.45) is 4.08. The van der Waals surface area contributed by atoms with Crippen molar-refractivity contribution in [3.8, 4) is 5.75 Å². The van der Waals surface area contributed by atoms with Gasteiger partial charge in [-0.3, -0.25) is 19.2 Å². The van der Waals surface area contributed by atoms with Crippen LogP contribution in [-0.4, -0.2) is 76.6 Å². The fraction of sp³-hybridized carbons (Fsp3) is 0.531. The van der Waals surface area contributed by atoms with Crippen molar-refractivity contribution in [2.75, 3.05) is 19.7 Å². The highest BCUT2D eigenvalue weighted by Crippen LogP contribution is 2.40. The minimum Gasteiger partial charge on any atom is -0.482 e. The van der Waals surface area contributed by atoms with Gasteiger partial charge in [-0.2, -0.15) is 0 Å². The molecule has 3 amide bonds. The molecule has 0 unspecified atom stereocenters. The summed E-state index contributed by atoms with van der Waals surface area (Å²) in [6, 6.07) is 10.7. The molecule has 0 bridgehead atoms. The van der Waals surface area contributed by atoms with Crippen LogP contribution >= 0.6 is 0 Å². The van der Waals surface area contributed by atoms with Gasteiger partial charge in [0.25, 0.3) is 5.91 Å². The molecule has 230 valence electrons. The molecular weight excluding hydrogens is 552 g/mol. The van der Waals surface area contributed by atoms with Crippen molar-refractivity contribution in [3.63, 3.8) is 0 Å². The third-order valence-corrected chi connectivity index (χ3v) is 8.34. The molecule has 5 atom stereocenters. The lowest BCUT2D eigenvalue weighted by atomic mass is 10.00. The maximum atomic E-state index is 13.0. The Labute approximate surface area is 251 Å². The topological polar surface area (TPSA) is 147 Å². The van der Waals surface area contributed by atoms with E-state index in [-0.39, 0.29) is 42.5 Å². The van der Waals surface area contributed by atoms with Gasteiger partial charge in [-0.1, -0.05) is 31.2 Å². The van der Waals surface area contributed by atoms with Crippen molar-refractivity contribution in [1.29, 1.82) is 0 Å². The summed E-state index contributed by atoms with van der Waals surface area (Å²) in [7, 11) is 0. The first-order valence-electron chi connectivity index (χ1n) is 15.2. The van der Waals surface area contributed by atoms with Crippen molar-refractivity contribution >= 4 is 23.7 Å². The predicted octanol–water partition coefficient (Wildman–Crippen LogP) is 2.64. The number of amides is 3. The molecule has 2 aromatic rings. The molecule has 2 aliphatic heterocycles. The van der Waals surface area contributed by atoms with Gasteiger partial charge >= 0.3 is 5.97 Å². The summed E-state index contributed by atoms with van der Waals surface area (Å²) in [5.41, 5.74) is 2.36. The molecular formula is C32H40N4O7. The lowest BCUT2D eigenvalue weighted by molar-refractivity contribution is -0.138. The van der Waals surface area contributed by atoms with Crippen LogP contribution in [-0.2, 0) is 19.1 Å². The van der Waals surface area contributed by atoms with Gasteiger partial charge in [0, 0.05) is 19.1 Å². The maximum Gasteiger partial charge on any atom is 0.306 e. The van der Waals surface area contributed by atoms with Crippen LogP contribution in [0.3, 0.4) is 0 Å². The van der Waals surface area contributed by atoms with Crippen LogP contribution < -0.4 is 15.4 Å². The molecule has 11 heteroatoms. The standard InChI is InChI=1S/C32H40N4O7/c1-3-27(37)31(40)34-19(2)29(22-10-8-21(9-11-22)20-6-7-20)43-25-12-13-26(33-16-25)30(39)35-24-5-4-14-36(17-24)32(41)23-15-28(38)42-18-23/h8-13,16,19-20,23-24,27,29,37H,3-7,14-15,17-18H2,1-2H3,(H,34,40)(H,35,39)/t19-,23+,24-,27+,29-/m0/s1. The van der Waals surface area contributed by atoms with E-state index in [0.29, 0.717) is 31.2 Å². The fourth-order valence-electron chi connectivity index (χ4n) is 5.63. The molecule has 2 saturated heterocycles. The number of hydrogen-bond acceptors (Lipinski definition) is 8. The van der Waals surface area contributed by atoms with Gasteiger partial charge in [-0.15, -0.1) is 0 Å². The number of carbonyl (C=O) groups is 4. The van der Waals surface area contributed by atoms with E-state index in [1.807, 2.05) is 19.1 Å². The number of piperidine rings is 1. The lowest BCUT2D eigenvalue weighted by Gasteiger charge is -2.34. The van der Waals surface area contributed by atoms with Crippen LogP contribution in [0.5, 0.6) is 5.75 Å². The van der Waals surface area contributed by atoms with Crippen molar-refractivity contribution in [2.45, 2.75) is 82.6 Å². The second kappa shape index (κ2) is 13.5. The molecule has 3 fully saturated rings. The molecule has 1 aliphatic carbocycles. The number of hydrogen-bond donors (Lipinski definition) is 3. The molecule has 5 rings (SSSR count). The van der Waals surface area contributed by atoms with Crippen LogP contribution in [0.2, 0.25) is 0 Å². The Morgan fingerprint density at radius 1 is 1.14 bits per heavy atom. The van der Waals surface area contributed by atoms with E-state index in [4.69, 9.17) is 9.47 Å². The number of rotatable bonds is 11. The molecule has 1 saturated carbocycles. The summed E-state index contributed by atoms with van der Waals surface area (Å²) >= 11 is 0. The van der Waals surface area contributed by atoms with Crippen LogP contribution in [0.1, 0.15) is 86.0 Å². The summed E-state index contributed by atoms with van der Waals surface area (Å²) < 4.78 is 11.2. The van der Waals surface area contributed by atoms with Gasteiger partial charge in [-0.25, -0.2) is 4.98 Å². The molecule has 43 heavy (non-hydrogen) atoms. The SMILES string of the molecule is CC[C@@H](O)C(=O)N[C@@H](C)[C@H](Oc1ccc(C(=O)N[C@H]2CCCN(C(=O)[C@H]3COC(=O)C3)C2)nc1)c1ccc(C2CC2)cc1. The van der Waals surface area contributed by atoms with E-state index in [1.165, 1.54) is 24.6 Å². The number of aliphatic hydroxyl groups is 1. The number of pyridine rings is 1. The molecule has 0 spiro atoms. The second-order valence-corrected chi connectivity index (χ2v) is 11.8. The van der Waals surface area contributed by atoms with Crippen molar-refractivity contribution < 1.29 is 33.8 Å². The van der Waals surface area contributed by atoms with E-state index < -0.39 is 30.1 Å². The number of carbonyl (C=O) groups excluding carboxylic acids is 4. The van der Waals surface area contributed by atoms with Crippen molar-refractivity contribution in [1.82, 2.24) is 20.5 Å². The molecule has 0 radical (unpaired) electrons. The normalized spacial score (nSPS) is 22.2. The smallest absolute Gasteiger partial charge is 0.306 e. The third-order valence-electron chi connectivity index (χ3n) is 8.34. The average molecular weight is 593 g/mol. The highest BCUT2D eigenvalue weighted by atomic mass is 16.5. The summed E-state index contributed by atoms with van der Waals surface area (Å²) in [5, 5.41) is 15.8. The van der Waals surface area contributed by atoms with Crippen molar-refractivity contribution in [3.05, 3.63) is 59.4 Å². The van der Waals surface area contributed by atoms with E-state index in [9.17, 15) is 24.3 Å². The average Bonchev–Trinajstić information content (AvgIpc) is 3.79. The number of aromatic nitrogens is 1. The minimum atomic E-state index is -1.10. The Kier molecular flexibility index (Phi) is 9.59. The Morgan fingerprint density at radius 2 is 1.91 bits per heavy atom. The molecule has 3 heterocycles. The number of benzene rings is 1. The second-order valence-electron chi connectivity index (χ2n) is 11.8. The largest absolute Gasteiger partial charge is 0.482 e. The van der Waals surface area contributed by atoms with Crippen LogP contribution in [0.15, 0.2) is 42.6 Å². The monoisotopic (exact) mass is 592 g/mol. The number of likely N-dealkylation sites (tertiary alicyclic amines) is 1. The molecule has 3 aliphatic rings. The maximum absolute atomic E-state index is 13.0. The van der Waals surface area contributed by atoms with Crippen LogP contribution in [0, 0.1) is 5.92 Å². The Balaban J connectivity index is 1.21. The number of ether oxygens (including phenoxy) is 2.